The smallest absolute Gasteiger partial charge is 0.191 e. The summed E-state index contributed by atoms with van der Waals surface area (Å²) in [5.41, 5.74) is 0.714. The summed E-state index contributed by atoms with van der Waals surface area (Å²) >= 11 is 0. The minimum absolute atomic E-state index is 0. The van der Waals surface area contributed by atoms with E-state index < -0.39 is 6.10 Å². The van der Waals surface area contributed by atoms with Gasteiger partial charge in [0.25, 0.3) is 0 Å². The Morgan fingerprint density at radius 1 is 1.13 bits per heavy atom. The van der Waals surface area contributed by atoms with Crippen LogP contribution in [0, 0.1) is 0 Å². The lowest BCUT2D eigenvalue weighted by molar-refractivity contribution is 0.186. The van der Waals surface area contributed by atoms with E-state index in [1.807, 2.05) is 6.92 Å². The van der Waals surface area contributed by atoms with Crippen molar-refractivity contribution in [1.29, 1.82) is 0 Å². The molecule has 7 heteroatoms. The second-order valence-electron chi connectivity index (χ2n) is 4.81. The highest BCUT2D eigenvalue weighted by atomic mass is 127. The van der Waals surface area contributed by atoms with Crippen LogP contribution >= 0.6 is 24.0 Å². The molecule has 0 aromatic heterocycles. The van der Waals surface area contributed by atoms with Gasteiger partial charge in [-0.1, -0.05) is 6.92 Å². The average molecular weight is 437 g/mol. The standard InChI is InChI=1S/C16H27N3O3.HI/c1-5-7-18-16(17-6-2)19-11-15(20)12-8-13(21-3)10-14(9-12)22-4;/h8-10,15,20H,5-7,11H2,1-4H3,(H2,17,18,19);1H. The summed E-state index contributed by atoms with van der Waals surface area (Å²) in [6.45, 7) is 5.98. The van der Waals surface area contributed by atoms with E-state index in [1.165, 1.54) is 0 Å². The SMILES string of the molecule is CCCNC(=NCC(O)c1cc(OC)cc(OC)c1)NCC.I. The van der Waals surface area contributed by atoms with E-state index in [1.54, 1.807) is 32.4 Å². The van der Waals surface area contributed by atoms with Crippen LogP contribution in [0.2, 0.25) is 0 Å². The molecule has 3 N–H and O–H groups in total. The molecule has 0 amide bonds. The maximum absolute atomic E-state index is 10.3. The zero-order valence-corrected chi connectivity index (χ0v) is 16.6. The fourth-order valence-electron chi connectivity index (χ4n) is 1.89. The summed E-state index contributed by atoms with van der Waals surface area (Å²) in [6.07, 6.45) is 0.293. The van der Waals surface area contributed by atoms with Crippen molar-refractivity contribution in [2.45, 2.75) is 26.4 Å². The summed E-state index contributed by atoms with van der Waals surface area (Å²) in [6, 6.07) is 5.34. The van der Waals surface area contributed by atoms with Crippen molar-refractivity contribution in [3.8, 4) is 11.5 Å². The molecule has 0 aliphatic rings. The van der Waals surface area contributed by atoms with Crippen molar-refractivity contribution in [3.63, 3.8) is 0 Å². The molecule has 132 valence electrons. The molecule has 0 spiro atoms. The van der Waals surface area contributed by atoms with Gasteiger partial charge >= 0.3 is 0 Å². The van der Waals surface area contributed by atoms with Gasteiger partial charge in [-0.15, -0.1) is 24.0 Å². The molecule has 0 aliphatic heterocycles. The van der Waals surface area contributed by atoms with E-state index in [9.17, 15) is 5.11 Å². The molecule has 0 radical (unpaired) electrons. The van der Waals surface area contributed by atoms with Crippen molar-refractivity contribution < 1.29 is 14.6 Å². The number of benzene rings is 1. The lowest BCUT2D eigenvalue weighted by atomic mass is 10.1. The Balaban J connectivity index is 0.00000484. The molecule has 0 heterocycles. The van der Waals surface area contributed by atoms with Gasteiger partial charge in [-0.3, -0.25) is 4.99 Å². The van der Waals surface area contributed by atoms with E-state index in [-0.39, 0.29) is 30.5 Å². The second-order valence-corrected chi connectivity index (χ2v) is 4.81. The molecule has 0 saturated carbocycles. The number of nitrogens with zero attached hydrogens (tertiary/aromatic N) is 1. The minimum Gasteiger partial charge on any atom is -0.497 e. The predicted molar refractivity (Wildman–Crippen MR) is 104 cm³/mol. The second kappa shape index (κ2) is 12.2. The van der Waals surface area contributed by atoms with Gasteiger partial charge in [0.1, 0.15) is 11.5 Å². The first-order chi connectivity index (χ1) is 10.6. The number of aliphatic hydroxyl groups excluding tert-OH is 1. The van der Waals surface area contributed by atoms with Crippen LogP contribution in [0.4, 0.5) is 0 Å². The maximum Gasteiger partial charge on any atom is 0.191 e. The molecule has 0 saturated heterocycles. The first kappa shape index (κ1) is 21.8. The van der Waals surface area contributed by atoms with Gasteiger partial charge in [0.05, 0.1) is 26.9 Å². The lowest BCUT2D eigenvalue weighted by Crippen LogP contribution is -2.37. The Kier molecular flexibility index (Phi) is 11.6. The summed E-state index contributed by atoms with van der Waals surface area (Å²) in [5.74, 6) is 2.00. The Bertz CT molecular complexity index is 461. The Morgan fingerprint density at radius 2 is 1.74 bits per heavy atom. The topological polar surface area (TPSA) is 75.1 Å². The van der Waals surface area contributed by atoms with Gasteiger partial charge in [0.15, 0.2) is 5.96 Å². The number of nitrogens with one attached hydrogen (secondary N) is 2. The predicted octanol–water partition coefficient (Wildman–Crippen LogP) is 2.32. The van der Waals surface area contributed by atoms with Crippen LogP contribution in [0.1, 0.15) is 31.9 Å². The number of guanidine groups is 1. The number of methoxy groups -OCH3 is 2. The molecule has 1 unspecified atom stereocenters. The van der Waals surface area contributed by atoms with Gasteiger partial charge in [-0.05, 0) is 31.0 Å². The molecule has 1 rings (SSSR count). The van der Waals surface area contributed by atoms with Crippen LogP contribution in [0.15, 0.2) is 23.2 Å². The van der Waals surface area contributed by atoms with E-state index in [4.69, 9.17) is 9.47 Å². The molecular formula is C16H28IN3O3. The van der Waals surface area contributed by atoms with Crippen molar-refractivity contribution in [3.05, 3.63) is 23.8 Å². The highest BCUT2D eigenvalue weighted by Gasteiger charge is 2.11. The Labute approximate surface area is 155 Å². The third kappa shape index (κ3) is 7.74. The molecule has 0 fully saturated rings. The van der Waals surface area contributed by atoms with Crippen molar-refractivity contribution in [2.75, 3.05) is 33.9 Å². The highest BCUT2D eigenvalue weighted by Crippen LogP contribution is 2.26. The number of halogens is 1. The molecule has 23 heavy (non-hydrogen) atoms. The largest absolute Gasteiger partial charge is 0.497 e. The zero-order valence-electron chi connectivity index (χ0n) is 14.3. The van der Waals surface area contributed by atoms with Crippen LogP contribution in [-0.2, 0) is 0 Å². The van der Waals surface area contributed by atoms with Crippen LogP contribution in [0.3, 0.4) is 0 Å². The molecule has 1 atom stereocenters. The van der Waals surface area contributed by atoms with Crippen LogP contribution in [0.5, 0.6) is 11.5 Å². The number of hydrogen-bond donors (Lipinski definition) is 3. The minimum atomic E-state index is -0.721. The van der Waals surface area contributed by atoms with Crippen LogP contribution < -0.4 is 20.1 Å². The van der Waals surface area contributed by atoms with E-state index in [0.717, 1.165) is 19.5 Å². The quantitative estimate of drug-likeness (QED) is 0.331. The van der Waals surface area contributed by atoms with E-state index >= 15 is 0 Å². The van der Waals surface area contributed by atoms with Gasteiger partial charge in [0, 0.05) is 19.2 Å². The van der Waals surface area contributed by atoms with Crippen molar-refractivity contribution in [2.24, 2.45) is 4.99 Å². The fourth-order valence-corrected chi connectivity index (χ4v) is 1.89. The van der Waals surface area contributed by atoms with E-state index in [2.05, 4.69) is 22.5 Å². The van der Waals surface area contributed by atoms with Gasteiger partial charge < -0.3 is 25.2 Å². The zero-order chi connectivity index (χ0) is 16.4. The highest BCUT2D eigenvalue weighted by molar-refractivity contribution is 14.0. The van der Waals surface area contributed by atoms with Crippen molar-refractivity contribution >= 4 is 29.9 Å². The fraction of sp³-hybridized carbons (Fsp3) is 0.562. The van der Waals surface area contributed by atoms with Crippen molar-refractivity contribution in [1.82, 2.24) is 10.6 Å². The average Bonchev–Trinajstić information content (AvgIpc) is 2.56. The van der Waals surface area contributed by atoms with E-state index in [0.29, 0.717) is 23.0 Å². The third-order valence-corrected chi connectivity index (χ3v) is 3.07. The molecular weight excluding hydrogens is 409 g/mol. The first-order valence-corrected chi connectivity index (χ1v) is 7.57. The Morgan fingerprint density at radius 3 is 2.22 bits per heavy atom. The molecule has 1 aromatic carbocycles. The van der Waals surface area contributed by atoms with Gasteiger partial charge in [-0.2, -0.15) is 0 Å². The number of rotatable bonds is 8. The third-order valence-electron chi connectivity index (χ3n) is 3.07. The summed E-state index contributed by atoms with van der Waals surface area (Å²) in [4.78, 5) is 4.40. The summed E-state index contributed by atoms with van der Waals surface area (Å²) < 4.78 is 10.4. The normalized spacial score (nSPS) is 12.1. The lowest BCUT2D eigenvalue weighted by Gasteiger charge is -2.14. The maximum atomic E-state index is 10.3. The van der Waals surface area contributed by atoms with Gasteiger partial charge in [-0.25, -0.2) is 0 Å². The molecule has 0 bridgehead atoms. The van der Waals surface area contributed by atoms with Crippen LogP contribution in [0.25, 0.3) is 0 Å². The molecule has 1 aromatic rings. The first-order valence-electron chi connectivity index (χ1n) is 7.57. The number of hydrogen-bond acceptors (Lipinski definition) is 4. The monoisotopic (exact) mass is 437 g/mol. The van der Waals surface area contributed by atoms with Crippen LogP contribution in [-0.4, -0.2) is 44.9 Å². The molecule has 6 nitrogen and oxygen atoms in total. The number of aliphatic hydroxyl groups is 1. The Hall–Kier alpha value is -1.22. The van der Waals surface area contributed by atoms with Gasteiger partial charge in [0.2, 0.25) is 0 Å². The number of ether oxygens (including phenoxy) is 2. The summed E-state index contributed by atoms with van der Waals surface area (Å²) in [5, 5.41) is 16.7. The summed E-state index contributed by atoms with van der Waals surface area (Å²) in [7, 11) is 3.17. The molecule has 0 aliphatic carbocycles. The number of aliphatic imine (C=N–C) groups is 1.